The quantitative estimate of drug-likeness (QED) is 0.723. The van der Waals surface area contributed by atoms with E-state index >= 15 is 0 Å². The van der Waals surface area contributed by atoms with E-state index < -0.39 is 10.0 Å². The molecule has 1 rings (SSSR count). The standard InChI is InChI=1S/C11H21NO3S/c1-10(2)15-8-9-16(13,14)12-11-6-4-3-5-7-11/h4,6,10-12H,3,5,7-9H2,1-2H3/t11-/m1/s1. The summed E-state index contributed by atoms with van der Waals surface area (Å²) in [7, 11) is -3.20. The Labute approximate surface area is 98.1 Å². The third-order valence-electron chi connectivity index (χ3n) is 2.39. The monoisotopic (exact) mass is 247 g/mol. The van der Waals surface area contributed by atoms with Crippen LogP contribution in [0.15, 0.2) is 12.2 Å². The van der Waals surface area contributed by atoms with Gasteiger partial charge in [-0.3, -0.25) is 0 Å². The van der Waals surface area contributed by atoms with Gasteiger partial charge in [-0.2, -0.15) is 0 Å². The van der Waals surface area contributed by atoms with Gasteiger partial charge in [0.15, 0.2) is 0 Å². The van der Waals surface area contributed by atoms with Gasteiger partial charge in [-0.25, -0.2) is 13.1 Å². The molecule has 0 aromatic carbocycles. The van der Waals surface area contributed by atoms with Crippen molar-refractivity contribution in [3.8, 4) is 0 Å². The van der Waals surface area contributed by atoms with Crippen LogP contribution in [0.5, 0.6) is 0 Å². The third-order valence-corrected chi connectivity index (χ3v) is 3.75. The van der Waals surface area contributed by atoms with Crippen LogP contribution in [0.25, 0.3) is 0 Å². The zero-order valence-electron chi connectivity index (χ0n) is 9.98. The van der Waals surface area contributed by atoms with Crippen molar-refractivity contribution >= 4 is 10.0 Å². The minimum absolute atomic E-state index is 0.0298. The molecular formula is C11H21NO3S. The molecule has 0 saturated heterocycles. The molecule has 94 valence electrons. The Morgan fingerprint density at radius 2 is 2.25 bits per heavy atom. The molecule has 0 fully saturated rings. The zero-order valence-corrected chi connectivity index (χ0v) is 10.8. The molecule has 0 amide bonds. The Hall–Kier alpha value is -0.390. The molecule has 16 heavy (non-hydrogen) atoms. The highest BCUT2D eigenvalue weighted by Crippen LogP contribution is 2.11. The first-order valence-corrected chi connectivity index (χ1v) is 7.43. The van der Waals surface area contributed by atoms with Gasteiger partial charge in [0, 0.05) is 6.04 Å². The van der Waals surface area contributed by atoms with Crippen molar-refractivity contribution in [1.82, 2.24) is 4.72 Å². The van der Waals surface area contributed by atoms with Crippen LogP contribution in [0, 0.1) is 0 Å². The van der Waals surface area contributed by atoms with Crippen LogP contribution < -0.4 is 4.72 Å². The average Bonchev–Trinajstić information content (AvgIpc) is 2.17. The summed E-state index contributed by atoms with van der Waals surface area (Å²) in [5.41, 5.74) is 0. The van der Waals surface area contributed by atoms with Gasteiger partial charge in [0.1, 0.15) is 0 Å². The van der Waals surface area contributed by atoms with E-state index in [1.165, 1.54) is 0 Å². The lowest BCUT2D eigenvalue weighted by Gasteiger charge is -2.18. The second-order valence-corrected chi connectivity index (χ2v) is 6.20. The van der Waals surface area contributed by atoms with Gasteiger partial charge in [0.05, 0.1) is 18.5 Å². The number of hydrogen-bond acceptors (Lipinski definition) is 3. The molecule has 0 aromatic rings. The van der Waals surface area contributed by atoms with E-state index in [4.69, 9.17) is 4.74 Å². The first-order valence-electron chi connectivity index (χ1n) is 5.78. The van der Waals surface area contributed by atoms with Gasteiger partial charge in [-0.1, -0.05) is 12.2 Å². The molecule has 0 radical (unpaired) electrons. The molecule has 0 bridgehead atoms. The van der Waals surface area contributed by atoms with Crippen LogP contribution in [0.2, 0.25) is 0 Å². The van der Waals surface area contributed by atoms with Crippen molar-refractivity contribution in [1.29, 1.82) is 0 Å². The zero-order chi connectivity index (χ0) is 12.0. The maximum Gasteiger partial charge on any atom is 0.214 e. The van der Waals surface area contributed by atoms with E-state index in [0.717, 1.165) is 19.3 Å². The van der Waals surface area contributed by atoms with Crippen molar-refractivity contribution < 1.29 is 13.2 Å². The normalized spacial score (nSPS) is 21.6. The van der Waals surface area contributed by atoms with E-state index in [9.17, 15) is 8.42 Å². The fourth-order valence-electron chi connectivity index (χ4n) is 1.59. The minimum atomic E-state index is -3.20. The molecule has 1 aliphatic carbocycles. The molecule has 5 heteroatoms. The highest BCUT2D eigenvalue weighted by atomic mass is 32.2. The van der Waals surface area contributed by atoms with Crippen molar-refractivity contribution in [2.75, 3.05) is 12.4 Å². The van der Waals surface area contributed by atoms with Crippen LogP contribution in [0.1, 0.15) is 33.1 Å². The Morgan fingerprint density at radius 1 is 1.50 bits per heavy atom. The molecule has 4 nitrogen and oxygen atoms in total. The predicted octanol–water partition coefficient (Wildman–Crippen LogP) is 1.44. The van der Waals surface area contributed by atoms with E-state index in [2.05, 4.69) is 4.72 Å². The van der Waals surface area contributed by atoms with Crippen LogP contribution >= 0.6 is 0 Å². The van der Waals surface area contributed by atoms with E-state index in [0.29, 0.717) is 0 Å². The average molecular weight is 247 g/mol. The summed E-state index contributed by atoms with van der Waals surface area (Å²) < 4.78 is 31.2. The van der Waals surface area contributed by atoms with Crippen LogP contribution in [0.4, 0.5) is 0 Å². The highest BCUT2D eigenvalue weighted by molar-refractivity contribution is 7.89. The maximum absolute atomic E-state index is 11.7. The van der Waals surface area contributed by atoms with Crippen LogP contribution in [-0.4, -0.2) is 32.9 Å². The number of sulfonamides is 1. The molecule has 0 aromatic heterocycles. The number of allylic oxidation sites excluding steroid dienone is 1. The first-order chi connectivity index (χ1) is 7.49. The summed E-state index contributed by atoms with van der Waals surface area (Å²) in [6.45, 7) is 4.04. The molecular weight excluding hydrogens is 226 g/mol. The van der Waals surface area contributed by atoms with E-state index in [-0.39, 0.29) is 24.5 Å². The second-order valence-electron chi connectivity index (χ2n) is 4.32. The number of rotatable bonds is 6. The van der Waals surface area contributed by atoms with Crippen molar-refractivity contribution in [2.45, 2.75) is 45.3 Å². The molecule has 0 saturated carbocycles. The fourth-order valence-corrected chi connectivity index (χ4v) is 2.68. The summed E-state index contributed by atoms with van der Waals surface area (Å²) in [5, 5.41) is 0. The molecule has 1 atom stereocenters. The van der Waals surface area contributed by atoms with Crippen LogP contribution in [-0.2, 0) is 14.8 Å². The lowest BCUT2D eigenvalue weighted by atomic mass is 10.0. The van der Waals surface area contributed by atoms with Gasteiger partial charge >= 0.3 is 0 Å². The third kappa shape index (κ3) is 5.63. The largest absolute Gasteiger partial charge is 0.378 e. The Bertz CT molecular complexity index is 322. The molecule has 0 spiro atoms. The molecule has 0 aliphatic heterocycles. The molecule has 1 aliphatic rings. The summed E-state index contributed by atoms with van der Waals surface area (Å²) in [6.07, 6.45) is 7.03. The Morgan fingerprint density at radius 3 is 2.81 bits per heavy atom. The fraction of sp³-hybridized carbons (Fsp3) is 0.818. The summed E-state index contributed by atoms with van der Waals surface area (Å²) in [5.74, 6) is 0.0372. The van der Waals surface area contributed by atoms with E-state index in [1.807, 2.05) is 26.0 Å². The molecule has 0 heterocycles. The van der Waals surface area contributed by atoms with Crippen molar-refractivity contribution in [3.05, 3.63) is 12.2 Å². The van der Waals surface area contributed by atoms with Crippen molar-refractivity contribution in [2.24, 2.45) is 0 Å². The van der Waals surface area contributed by atoms with Gasteiger partial charge in [0.25, 0.3) is 0 Å². The van der Waals surface area contributed by atoms with Gasteiger partial charge in [0.2, 0.25) is 10.0 Å². The maximum atomic E-state index is 11.7. The SMILES string of the molecule is CC(C)OCCS(=O)(=O)N[C@@H]1C=CCCC1. The molecule has 0 unspecified atom stereocenters. The Kier molecular flexibility index (Phi) is 5.44. The lowest BCUT2D eigenvalue weighted by Crippen LogP contribution is -2.37. The summed E-state index contributed by atoms with van der Waals surface area (Å²) >= 11 is 0. The summed E-state index contributed by atoms with van der Waals surface area (Å²) in [6, 6.07) is -0.0298. The van der Waals surface area contributed by atoms with Crippen molar-refractivity contribution in [3.63, 3.8) is 0 Å². The lowest BCUT2D eigenvalue weighted by molar-refractivity contribution is 0.0911. The number of nitrogens with one attached hydrogen (secondary N) is 1. The van der Waals surface area contributed by atoms with E-state index in [1.54, 1.807) is 0 Å². The topological polar surface area (TPSA) is 55.4 Å². The summed E-state index contributed by atoms with van der Waals surface area (Å²) in [4.78, 5) is 0. The number of ether oxygens (including phenoxy) is 1. The van der Waals surface area contributed by atoms with Gasteiger partial charge < -0.3 is 4.74 Å². The predicted molar refractivity (Wildman–Crippen MR) is 64.8 cm³/mol. The van der Waals surface area contributed by atoms with Crippen LogP contribution in [0.3, 0.4) is 0 Å². The highest BCUT2D eigenvalue weighted by Gasteiger charge is 2.17. The smallest absolute Gasteiger partial charge is 0.214 e. The Balaban J connectivity index is 2.33. The molecule has 1 N–H and O–H groups in total. The minimum Gasteiger partial charge on any atom is -0.378 e. The van der Waals surface area contributed by atoms with Gasteiger partial charge in [-0.15, -0.1) is 0 Å². The second kappa shape index (κ2) is 6.37. The first kappa shape index (κ1) is 13.7. The van der Waals surface area contributed by atoms with Gasteiger partial charge in [-0.05, 0) is 33.1 Å². The number of hydrogen-bond donors (Lipinski definition) is 1.